The van der Waals surface area contributed by atoms with Crippen molar-refractivity contribution in [3.05, 3.63) is 23.4 Å². The number of anilines is 1. The van der Waals surface area contributed by atoms with Crippen molar-refractivity contribution in [2.24, 2.45) is 11.7 Å². The summed E-state index contributed by atoms with van der Waals surface area (Å²) in [6, 6.07) is 4.48. The SMILES string of the molecule is Cc1cc(CN)cc(N2CCC3NC(=O)CCC3C2)n1. The van der Waals surface area contributed by atoms with Gasteiger partial charge in [-0.3, -0.25) is 4.79 Å². The zero-order valence-electron chi connectivity index (χ0n) is 11.9. The van der Waals surface area contributed by atoms with Crippen LogP contribution in [0.4, 0.5) is 5.82 Å². The predicted molar refractivity (Wildman–Crippen MR) is 78.4 cm³/mol. The Morgan fingerprint density at radius 2 is 2.30 bits per heavy atom. The van der Waals surface area contributed by atoms with Crippen LogP contribution in [-0.4, -0.2) is 30.0 Å². The molecule has 1 amide bonds. The van der Waals surface area contributed by atoms with E-state index in [1.807, 2.05) is 13.0 Å². The van der Waals surface area contributed by atoms with Gasteiger partial charge in [-0.25, -0.2) is 4.98 Å². The maximum atomic E-state index is 11.4. The number of nitrogens with one attached hydrogen (secondary N) is 1. The molecule has 0 aromatic carbocycles. The lowest BCUT2D eigenvalue weighted by Crippen LogP contribution is -2.54. The number of nitrogens with two attached hydrogens (primary N) is 1. The van der Waals surface area contributed by atoms with Crippen molar-refractivity contribution >= 4 is 11.7 Å². The number of rotatable bonds is 2. The Bertz CT molecular complexity index is 517. The van der Waals surface area contributed by atoms with Crippen molar-refractivity contribution in [3.63, 3.8) is 0 Å². The van der Waals surface area contributed by atoms with Crippen LogP contribution in [0.3, 0.4) is 0 Å². The lowest BCUT2D eigenvalue weighted by molar-refractivity contribution is -0.124. The largest absolute Gasteiger partial charge is 0.356 e. The molecule has 0 saturated carbocycles. The van der Waals surface area contributed by atoms with Gasteiger partial charge in [-0.1, -0.05) is 0 Å². The van der Waals surface area contributed by atoms with Crippen molar-refractivity contribution in [1.82, 2.24) is 10.3 Å². The van der Waals surface area contributed by atoms with E-state index in [1.54, 1.807) is 0 Å². The van der Waals surface area contributed by atoms with Gasteiger partial charge in [0.2, 0.25) is 5.91 Å². The molecule has 2 atom stereocenters. The monoisotopic (exact) mass is 274 g/mol. The van der Waals surface area contributed by atoms with Crippen LogP contribution in [0.5, 0.6) is 0 Å². The van der Waals surface area contributed by atoms with Gasteiger partial charge in [-0.05, 0) is 43.4 Å². The molecule has 3 rings (SSSR count). The van der Waals surface area contributed by atoms with Gasteiger partial charge in [0.1, 0.15) is 5.82 Å². The lowest BCUT2D eigenvalue weighted by Gasteiger charge is -2.42. The van der Waals surface area contributed by atoms with Crippen LogP contribution in [0.1, 0.15) is 30.5 Å². The smallest absolute Gasteiger partial charge is 0.220 e. The Hall–Kier alpha value is -1.62. The summed E-state index contributed by atoms with van der Waals surface area (Å²) in [7, 11) is 0. The Kier molecular flexibility index (Phi) is 3.61. The zero-order chi connectivity index (χ0) is 14.1. The third kappa shape index (κ3) is 2.63. The van der Waals surface area contributed by atoms with Crippen LogP contribution in [0.25, 0.3) is 0 Å². The maximum Gasteiger partial charge on any atom is 0.220 e. The normalized spacial score (nSPS) is 26.1. The van der Waals surface area contributed by atoms with Crippen LogP contribution in [-0.2, 0) is 11.3 Å². The van der Waals surface area contributed by atoms with Crippen LogP contribution in [0.15, 0.2) is 12.1 Å². The second-order valence-corrected chi connectivity index (χ2v) is 5.89. The fourth-order valence-corrected chi connectivity index (χ4v) is 3.32. The molecule has 5 heteroatoms. The van der Waals surface area contributed by atoms with E-state index in [2.05, 4.69) is 21.3 Å². The van der Waals surface area contributed by atoms with E-state index in [0.717, 1.165) is 43.0 Å². The summed E-state index contributed by atoms with van der Waals surface area (Å²) in [6.45, 7) is 4.48. The molecule has 0 bridgehead atoms. The molecule has 0 radical (unpaired) electrons. The first-order valence-electron chi connectivity index (χ1n) is 7.37. The van der Waals surface area contributed by atoms with Gasteiger partial charge in [0.15, 0.2) is 0 Å². The Balaban J connectivity index is 1.76. The highest BCUT2D eigenvalue weighted by Gasteiger charge is 2.34. The van der Waals surface area contributed by atoms with E-state index in [4.69, 9.17) is 5.73 Å². The van der Waals surface area contributed by atoms with Crippen molar-refractivity contribution in [1.29, 1.82) is 0 Å². The number of piperidine rings is 2. The highest BCUT2D eigenvalue weighted by Crippen LogP contribution is 2.28. The van der Waals surface area contributed by atoms with Crippen molar-refractivity contribution < 1.29 is 4.79 Å². The first kappa shape index (κ1) is 13.4. The van der Waals surface area contributed by atoms with Crippen LogP contribution >= 0.6 is 0 Å². The molecule has 20 heavy (non-hydrogen) atoms. The number of pyridine rings is 1. The second kappa shape index (κ2) is 5.40. The minimum atomic E-state index is 0.207. The first-order valence-corrected chi connectivity index (χ1v) is 7.37. The summed E-state index contributed by atoms with van der Waals surface area (Å²) in [6.07, 6.45) is 2.65. The minimum Gasteiger partial charge on any atom is -0.356 e. The standard InChI is InChI=1S/C15H22N4O/c1-10-6-11(8-16)7-14(17-10)19-5-4-13-12(9-19)2-3-15(20)18-13/h6-7,12-13H,2-5,8-9,16H2,1H3,(H,18,20). The number of hydrogen-bond donors (Lipinski definition) is 2. The average molecular weight is 274 g/mol. The summed E-state index contributed by atoms with van der Waals surface area (Å²) >= 11 is 0. The fraction of sp³-hybridized carbons (Fsp3) is 0.600. The number of carbonyl (C=O) groups is 1. The number of fused-ring (bicyclic) bond motifs is 1. The Labute approximate surface area is 119 Å². The van der Waals surface area contributed by atoms with E-state index in [1.165, 1.54) is 0 Å². The number of carbonyl (C=O) groups excluding carboxylic acids is 1. The van der Waals surface area contributed by atoms with Gasteiger partial charge in [0.05, 0.1) is 0 Å². The second-order valence-electron chi connectivity index (χ2n) is 5.89. The van der Waals surface area contributed by atoms with E-state index in [-0.39, 0.29) is 5.91 Å². The molecule has 3 heterocycles. The molecule has 0 spiro atoms. The summed E-state index contributed by atoms with van der Waals surface area (Å²) < 4.78 is 0. The maximum absolute atomic E-state index is 11.4. The van der Waals surface area contributed by atoms with Gasteiger partial charge in [-0.2, -0.15) is 0 Å². The molecule has 5 nitrogen and oxygen atoms in total. The molecule has 2 fully saturated rings. The zero-order valence-corrected chi connectivity index (χ0v) is 11.9. The van der Waals surface area contributed by atoms with E-state index >= 15 is 0 Å². The molecule has 2 unspecified atom stereocenters. The summed E-state index contributed by atoms with van der Waals surface area (Å²) in [5.74, 6) is 1.78. The topological polar surface area (TPSA) is 71.2 Å². The molecule has 1 aromatic heterocycles. The molecule has 2 saturated heterocycles. The Morgan fingerprint density at radius 1 is 1.45 bits per heavy atom. The van der Waals surface area contributed by atoms with Gasteiger partial charge < -0.3 is 16.0 Å². The first-order chi connectivity index (χ1) is 9.65. The number of amides is 1. The Morgan fingerprint density at radius 3 is 3.10 bits per heavy atom. The van der Waals surface area contributed by atoms with Gasteiger partial charge in [-0.15, -0.1) is 0 Å². The van der Waals surface area contributed by atoms with E-state index < -0.39 is 0 Å². The third-order valence-electron chi connectivity index (χ3n) is 4.38. The van der Waals surface area contributed by atoms with Crippen molar-refractivity contribution in [2.75, 3.05) is 18.0 Å². The number of hydrogen-bond acceptors (Lipinski definition) is 4. The van der Waals surface area contributed by atoms with E-state index in [0.29, 0.717) is 24.9 Å². The molecular formula is C15H22N4O. The quantitative estimate of drug-likeness (QED) is 0.842. The number of aryl methyl sites for hydroxylation is 1. The molecule has 2 aliphatic heterocycles. The van der Waals surface area contributed by atoms with Gasteiger partial charge in [0.25, 0.3) is 0 Å². The van der Waals surface area contributed by atoms with E-state index in [9.17, 15) is 4.79 Å². The highest BCUT2D eigenvalue weighted by atomic mass is 16.1. The molecule has 1 aromatic rings. The highest BCUT2D eigenvalue weighted by molar-refractivity contribution is 5.77. The number of nitrogens with zero attached hydrogens (tertiary/aromatic N) is 2. The van der Waals surface area contributed by atoms with Crippen molar-refractivity contribution in [3.8, 4) is 0 Å². The lowest BCUT2D eigenvalue weighted by atomic mass is 9.85. The van der Waals surface area contributed by atoms with Crippen LogP contribution in [0.2, 0.25) is 0 Å². The average Bonchev–Trinajstić information content (AvgIpc) is 2.46. The van der Waals surface area contributed by atoms with Gasteiger partial charge >= 0.3 is 0 Å². The molecule has 2 aliphatic rings. The molecule has 108 valence electrons. The third-order valence-corrected chi connectivity index (χ3v) is 4.38. The minimum absolute atomic E-state index is 0.207. The predicted octanol–water partition coefficient (Wildman–Crippen LogP) is 0.954. The van der Waals surface area contributed by atoms with Crippen LogP contribution in [0, 0.1) is 12.8 Å². The molecule has 3 N–H and O–H groups in total. The fourth-order valence-electron chi connectivity index (χ4n) is 3.32. The van der Waals surface area contributed by atoms with Gasteiger partial charge in [0, 0.05) is 37.8 Å². The van der Waals surface area contributed by atoms with Crippen molar-refractivity contribution in [2.45, 2.75) is 38.8 Å². The number of aromatic nitrogens is 1. The molecule has 0 aliphatic carbocycles. The summed E-state index contributed by atoms with van der Waals surface area (Å²) in [5.41, 5.74) is 7.89. The summed E-state index contributed by atoms with van der Waals surface area (Å²) in [4.78, 5) is 18.4. The summed E-state index contributed by atoms with van der Waals surface area (Å²) in [5, 5.41) is 3.12. The van der Waals surface area contributed by atoms with Crippen LogP contribution < -0.4 is 16.0 Å². The molecular weight excluding hydrogens is 252 g/mol.